The smallest absolute Gasteiger partial charge is 0.151 e. The SMILES string of the molecule is CN(Cc1nc(N)ccc1Cl)C1CCS(=O)(=O)C1. The molecular weight excluding hydrogens is 274 g/mol. The van der Waals surface area contributed by atoms with Gasteiger partial charge in [-0.1, -0.05) is 11.6 Å². The van der Waals surface area contributed by atoms with Crippen molar-refractivity contribution in [2.45, 2.75) is 19.0 Å². The van der Waals surface area contributed by atoms with Crippen LogP contribution in [0.4, 0.5) is 5.82 Å². The van der Waals surface area contributed by atoms with Gasteiger partial charge in [-0.15, -0.1) is 0 Å². The van der Waals surface area contributed by atoms with E-state index in [0.717, 1.165) is 0 Å². The van der Waals surface area contributed by atoms with Gasteiger partial charge in [0.05, 0.1) is 22.2 Å². The summed E-state index contributed by atoms with van der Waals surface area (Å²) in [5, 5.41) is 0.553. The maximum absolute atomic E-state index is 11.4. The molecule has 1 fully saturated rings. The summed E-state index contributed by atoms with van der Waals surface area (Å²) in [7, 11) is -0.989. The van der Waals surface area contributed by atoms with E-state index in [4.69, 9.17) is 17.3 Å². The second-order valence-electron chi connectivity index (χ2n) is 4.64. The molecule has 1 aliphatic heterocycles. The molecule has 1 aromatic rings. The number of hydrogen-bond donors (Lipinski definition) is 1. The molecule has 2 heterocycles. The van der Waals surface area contributed by atoms with Gasteiger partial charge in [-0.3, -0.25) is 4.90 Å². The third-order valence-corrected chi connectivity index (χ3v) is 5.27. The molecular formula is C11H16ClN3O2S. The van der Waals surface area contributed by atoms with Crippen molar-refractivity contribution in [3.05, 3.63) is 22.8 Å². The second kappa shape index (κ2) is 5.03. The molecule has 18 heavy (non-hydrogen) atoms. The molecule has 1 saturated heterocycles. The van der Waals surface area contributed by atoms with E-state index in [2.05, 4.69) is 4.98 Å². The average Bonchev–Trinajstić information content (AvgIpc) is 2.64. The van der Waals surface area contributed by atoms with Gasteiger partial charge in [0, 0.05) is 12.6 Å². The first kappa shape index (κ1) is 13.6. The maximum Gasteiger partial charge on any atom is 0.151 e. The molecule has 0 radical (unpaired) electrons. The number of sulfone groups is 1. The van der Waals surface area contributed by atoms with Crippen molar-refractivity contribution in [3.8, 4) is 0 Å². The van der Waals surface area contributed by atoms with E-state index in [1.165, 1.54) is 0 Å². The fourth-order valence-corrected chi connectivity index (χ4v) is 4.07. The van der Waals surface area contributed by atoms with Crippen LogP contribution >= 0.6 is 11.6 Å². The fourth-order valence-electron chi connectivity index (χ4n) is 2.10. The van der Waals surface area contributed by atoms with E-state index >= 15 is 0 Å². The number of hydrogen-bond acceptors (Lipinski definition) is 5. The number of halogens is 1. The highest BCUT2D eigenvalue weighted by Crippen LogP contribution is 2.21. The lowest BCUT2D eigenvalue weighted by atomic mass is 10.2. The number of nitrogens with two attached hydrogens (primary N) is 1. The van der Waals surface area contributed by atoms with Crippen LogP contribution in [0.25, 0.3) is 0 Å². The Labute approximate surface area is 112 Å². The molecule has 0 aromatic carbocycles. The molecule has 2 rings (SSSR count). The summed E-state index contributed by atoms with van der Waals surface area (Å²) in [5.41, 5.74) is 6.30. The third kappa shape index (κ3) is 3.13. The van der Waals surface area contributed by atoms with Crippen LogP contribution in [0.5, 0.6) is 0 Å². The Morgan fingerprint density at radius 2 is 2.28 bits per heavy atom. The van der Waals surface area contributed by atoms with Crippen molar-refractivity contribution in [1.82, 2.24) is 9.88 Å². The topological polar surface area (TPSA) is 76.3 Å². The predicted molar refractivity (Wildman–Crippen MR) is 72.2 cm³/mol. The van der Waals surface area contributed by atoms with E-state index < -0.39 is 9.84 Å². The lowest BCUT2D eigenvalue weighted by Gasteiger charge is -2.23. The number of anilines is 1. The number of pyridine rings is 1. The minimum atomic E-state index is -2.87. The zero-order valence-electron chi connectivity index (χ0n) is 10.1. The summed E-state index contributed by atoms with van der Waals surface area (Å²) < 4.78 is 22.9. The van der Waals surface area contributed by atoms with E-state index in [9.17, 15) is 8.42 Å². The predicted octanol–water partition coefficient (Wildman–Crippen LogP) is 0.936. The van der Waals surface area contributed by atoms with Gasteiger partial charge in [-0.05, 0) is 25.6 Å². The highest BCUT2D eigenvalue weighted by molar-refractivity contribution is 7.91. The van der Waals surface area contributed by atoms with Crippen molar-refractivity contribution in [3.63, 3.8) is 0 Å². The molecule has 2 N–H and O–H groups in total. The standard InChI is InChI=1S/C11H16ClN3O2S/c1-15(8-4-5-18(16,17)7-8)6-10-9(12)2-3-11(13)14-10/h2-3,8H,4-7H2,1H3,(H2,13,14). The van der Waals surface area contributed by atoms with Crippen LogP contribution in [-0.4, -0.2) is 42.9 Å². The quantitative estimate of drug-likeness (QED) is 0.896. The lowest BCUT2D eigenvalue weighted by molar-refractivity contribution is 0.251. The first-order valence-electron chi connectivity index (χ1n) is 5.69. The van der Waals surface area contributed by atoms with Crippen LogP contribution < -0.4 is 5.73 Å². The van der Waals surface area contributed by atoms with Gasteiger partial charge in [0.25, 0.3) is 0 Å². The molecule has 7 heteroatoms. The number of nitrogens with zero attached hydrogens (tertiary/aromatic N) is 2. The molecule has 0 aliphatic carbocycles. The molecule has 1 aliphatic rings. The molecule has 0 amide bonds. The molecule has 0 spiro atoms. The van der Waals surface area contributed by atoms with E-state index in [1.807, 2.05) is 11.9 Å². The second-order valence-corrected chi connectivity index (χ2v) is 7.27. The summed E-state index contributed by atoms with van der Waals surface area (Å²) in [6.45, 7) is 0.504. The van der Waals surface area contributed by atoms with Gasteiger partial charge in [0.15, 0.2) is 9.84 Å². The molecule has 1 aromatic heterocycles. The monoisotopic (exact) mass is 289 g/mol. The molecule has 1 unspecified atom stereocenters. The van der Waals surface area contributed by atoms with Crippen LogP contribution in [0.2, 0.25) is 5.02 Å². The summed E-state index contributed by atoms with van der Waals surface area (Å²) in [6.07, 6.45) is 0.665. The summed E-state index contributed by atoms with van der Waals surface area (Å²) >= 11 is 6.04. The first-order chi connectivity index (χ1) is 8.37. The Morgan fingerprint density at radius 1 is 1.56 bits per heavy atom. The van der Waals surface area contributed by atoms with E-state index in [0.29, 0.717) is 29.5 Å². The Balaban J connectivity index is 2.08. The fraction of sp³-hybridized carbons (Fsp3) is 0.545. The van der Waals surface area contributed by atoms with Gasteiger partial charge in [0.1, 0.15) is 5.82 Å². The average molecular weight is 290 g/mol. The van der Waals surface area contributed by atoms with Crippen LogP contribution in [0, 0.1) is 0 Å². The van der Waals surface area contributed by atoms with Gasteiger partial charge in [-0.2, -0.15) is 0 Å². The number of rotatable bonds is 3. The highest BCUT2D eigenvalue weighted by Gasteiger charge is 2.30. The van der Waals surface area contributed by atoms with Crippen LogP contribution in [0.15, 0.2) is 12.1 Å². The van der Waals surface area contributed by atoms with Gasteiger partial charge >= 0.3 is 0 Å². The third-order valence-electron chi connectivity index (χ3n) is 3.17. The largest absolute Gasteiger partial charge is 0.384 e. The molecule has 1 atom stereocenters. The normalized spacial score (nSPS) is 22.5. The van der Waals surface area contributed by atoms with Crippen LogP contribution in [0.3, 0.4) is 0 Å². The molecule has 100 valence electrons. The Kier molecular flexibility index (Phi) is 3.79. The zero-order valence-corrected chi connectivity index (χ0v) is 11.7. The Morgan fingerprint density at radius 3 is 2.89 bits per heavy atom. The summed E-state index contributed by atoms with van der Waals surface area (Å²) in [5.74, 6) is 0.894. The van der Waals surface area contributed by atoms with Gasteiger partial charge in [0.2, 0.25) is 0 Å². The first-order valence-corrected chi connectivity index (χ1v) is 7.89. The lowest BCUT2D eigenvalue weighted by Crippen LogP contribution is -2.32. The molecule has 5 nitrogen and oxygen atoms in total. The van der Waals surface area contributed by atoms with Crippen molar-refractivity contribution in [2.24, 2.45) is 0 Å². The maximum atomic E-state index is 11.4. The van der Waals surface area contributed by atoms with Crippen LogP contribution in [-0.2, 0) is 16.4 Å². The molecule has 0 bridgehead atoms. The van der Waals surface area contributed by atoms with Crippen LogP contribution in [0.1, 0.15) is 12.1 Å². The van der Waals surface area contributed by atoms with E-state index in [1.54, 1.807) is 12.1 Å². The zero-order chi connectivity index (χ0) is 13.3. The van der Waals surface area contributed by atoms with Gasteiger partial charge in [-0.25, -0.2) is 13.4 Å². The summed E-state index contributed by atoms with van der Waals surface area (Å²) in [6, 6.07) is 3.39. The van der Waals surface area contributed by atoms with Crippen molar-refractivity contribution in [2.75, 3.05) is 24.3 Å². The Hall–Kier alpha value is -0.850. The van der Waals surface area contributed by atoms with Gasteiger partial charge < -0.3 is 5.73 Å². The highest BCUT2D eigenvalue weighted by atomic mass is 35.5. The Bertz CT molecular complexity index is 547. The van der Waals surface area contributed by atoms with Crippen molar-refractivity contribution >= 4 is 27.3 Å². The minimum absolute atomic E-state index is 0.0364. The number of nitrogen functional groups attached to an aromatic ring is 1. The van der Waals surface area contributed by atoms with Crippen molar-refractivity contribution in [1.29, 1.82) is 0 Å². The summed E-state index contributed by atoms with van der Waals surface area (Å²) in [4.78, 5) is 6.15. The number of aromatic nitrogens is 1. The minimum Gasteiger partial charge on any atom is -0.384 e. The van der Waals surface area contributed by atoms with Crippen molar-refractivity contribution < 1.29 is 8.42 Å². The molecule has 0 saturated carbocycles. The van der Waals surface area contributed by atoms with E-state index in [-0.39, 0.29) is 17.5 Å².